The fourth-order valence-corrected chi connectivity index (χ4v) is 7.45. The van der Waals surface area contributed by atoms with E-state index >= 15 is 0 Å². The predicted octanol–water partition coefficient (Wildman–Crippen LogP) is 14.1. The van der Waals surface area contributed by atoms with Crippen molar-refractivity contribution in [3.63, 3.8) is 0 Å². The second-order valence-electron chi connectivity index (χ2n) is 15.0. The lowest BCUT2D eigenvalue weighted by Crippen LogP contribution is -2.19. The Labute approximate surface area is 331 Å². The van der Waals surface area contributed by atoms with Crippen LogP contribution in [0.5, 0.6) is 0 Å². The quantitative estimate of drug-likeness (QED) is 0.0310. The first-order chi connectivity index (χ1) is 26.3. The summed E-state index contributed by atoms with van der Waals surface area (Å²) in [7, 11) is -4.78. The molecule has 310 valence electrons. The molecule has 0 aliphatic carbocycles. The van der Waals surface area contributed by atoms with E-state index in [1.165, 1.54) is 166 Å². The topological polar surface area (TPSA) is 107 Å². The molecular formula is C46H78O7S. The highest BCUT2D eigenvalue weighted by molar-refractivity contribution is 7.86. The Kier molecular flexibility index (Phi) is 32.1. The Morgan fingerprint density at radius 2 is 0.833 bits per heavy atom. The summed E-state index contributed by atoms with van der Waals surface area (Å²) in [6.45, 7) is 4.62. The van der Waals surface area contributed by atoms with Crippen molar-refractivity contribution in [3.8, 4) is 0 Å². The van der Waals surface area contributed by atoms with E-state index in [4.69, 9.17) is 9.47 Å². The van der Waals surface area contributed by atoms with E-state index in [2.05, 4.69) is 26.0 Å². The van der Waals surface area contributed by atoms with Crippen LogP contribution in [-0.2, 0) is 19.6 Å². The van der Waals surface area contributed by atoms with Gasteiger partial charge in [-0.3, -0.25) is 4.55 Å². The van der Waals surface area contributed by atoms with Crippen molar-refractivity contribution in [1.82, 2.24) is 0 Å². The van der Waals surface area contributed by atoms with Crippen molar-refractivity contribution < 1.29 is 32.0 Å². The molecular weight excluding hydrogens is 697 g/mol. The largest absolute Gasteiger partial charge is 0.462 e. The molecule has 0 unspecified atom stereocenters. The van der Waals surface area contributed by atoms with Crippen LogP contribution in [0.1, 0.15) is 227 Å². The first kappa shape index (κ1) is 49.6. The minimum Gasteiger partial charge on any atom is -0.462 e. The summed E-state index contributed by atoms with van der Waals surface area (Å²) in [6.07, 6.45) is 45.4. The van der Waals surface area contributed by atoms with Crippen LogP contribution in [0.2, 0.25) is 0 Å². The molecule has 0 aliphatic rings. The molecule has 1 aromatic carbocycles. The molecule has 0 saturated heterocycles. The zero-order chi connectivity index (χ0) is 39.4. The van der Waals surface area contributed by atoms with E-state index in [-0.39, 0.29) is 18.8 Å². The van der Waals surface area contributed by atoms with Crippen LogP contribution in [0.15, 0.2) is 47.4 Å². The standard InChI is InChI=1S/C46H78O7S/c1-3-5-7-9-11-13-15-17-19-21-23-25-27-29-31-33-35-40-52-45(47)42-38-37-39-43(54(49,50)51)44(42)46(48)53-41-36-34-32-30-28-26-24-22-20-18-16-14-12-10-8-6-4-2/h31-34,37-39H,3-30,35-36,40-41H2,1-2H3,(H,49,50,51)/b33-31+,34-32+. The summed E-state index contributed by atoms with van der Waals surface area (Å²) in [5.41, 5.74) is -0.747. The number of benzene rings is 1. The highest BCUT2D eigenvalue weighted by Gasteiger charge is 2.28. The summed E-state index contributed by atoms with van der Waals surface area (Å²) in [5, 5.41) is 0. The van der Waals surface area contributed by atoms with Crippen molar-refractivity contribution in [1.29, 1.82) is 0 Å². The molecule has 1 rings (SSSR count). The molecule has 0 aliphatic heterocycles. The van der Waals surface area contributed by atoms with Crippen molar-refractivity contribution in [2.45, 2.75) is 211 Å². The Bertz CT molecular complexity index is 1240. The number of unbranched alkanes of at least 4 members (excludes halogenated alkanes) is 26. The highest BCUT2D eigenvalue weighted by Crippen LogP contribution is 2.23. The molecule has 0 aromatic heterocycles. The molecule has 8 heteroatoms. The van der Waals surface area contributed by atoms with Gasteiger partial charge >= 0.3 is 11.9 Å². The Morgan fingerprint density at radius 3 is 1.20 bits per heavy atom. The number of carbonyl (C=O) groups is 2. The van der Waals surface area contributed by atoms with Gasteiger partial charge in [-0.25, -0.2) is 9.59 Å². The van der Waals surface area contributed by atoms with Gasteiger partial charge in [0.1, 0.15) is 4.90 Å². The zero-order valence-corrected chi connectivity index (χ0v) is 35.3. The minimum absolute atomic E-state index is 0.0201. The Balaban J connectivity index is 2.28. The van der Waals surface area contributed by atoms with Crippen LogP contribution in [0.25, 0.3) is 0 Å². The highest BCUT2D eigenvalue weighted by atomic mass is 32.2. The van der Waals surface area contributed by atoms with Crippen LogP contribution >= 0.6 is 0 Å². The number of rotatable bonds is 37. The third kappa shape index (κ3) is 27.2. The smallest absolute Gasteiger partial charge is 0.340 e. The van der Waals surface area contributed by atoms with Gasteiger partial charge in [0.25, 0.3) is 10.1 Å². The van der Waals surface area contributed by atoms with Gasteiger partial charge in [0.15, 0.2) is 0 Å². The van der Waals surface area contributed by atoms with Gasteiger partial charge in [-0.2, -0.15) is 8.42 Å². The summed E-state index contributed by atoms with van der Waals surface area (Å²) in [4.78, 5) is 25.3. The molecule has 1 N–H and O–H groups in total. The number of allylic oxidation sites excluding steroid dienone is 2. The summed E-state index contributed by atoms with van der Waals surface area (Å²) < 4.78 is 44.7. The van der Waals surface area contributed by atoms with Crippen LogP contribution < -0.4 is 0 Å². The zero-order valence-electron chi connectivity index (χ0n) is 34.5. The van der Waals surface area contributed by atoms with E-state index in [0.29, 0.717) is 12.8 Å². The predicted molar refractivity (Wildman–Crippen MR) is 225 cm³/mol. The number of hydrogen-bond donors (Lipinski definition) is 1. The van der Waals surface area contributed by atoms with Crippen molar-refractivity contribution >= 4 is 22.1 Å². The number of hydrogen-bond acceptors (Lipinski definition) is 6. The molecule has 0 bridgehead atoms. The maximum atomic E-state index is 13.0. The third-order valence-corrected chi connectivity index (χ3v) is 10.9. The lowest BCUT2D eigenvalue weighted by Gasteiger charge is -2.12. The fourth-order valence-electron chi connectivity index (χ4n) is 6.75. The SMILES string of the molecule is CCCCCCCCCCCCCCC/C=C/CCOC(=O)c1cccc(S(=O)(=O)O)c1C(=O)OCC/C=C/CCCCCCCCCCCCCCC. The van der Waals surface area contributed by atoms with Gasteiger partial charge in [0.2, 0.25) is 0 Å². The monoisotopic (exact) mass is 775 g/mol. The fraction of sp³-hybridized carbons (Fsp3) is 0.739. The third-order valence-electron chi connectivity index (χ3n) is 10.0. The van der Waals surface area contributed by atoms with Gasteiger partial charge in [-0.15, -0.1) is 0 Å². The van der Waals surface area contributed by atoms with Gasteiger partial charge in [0.05, 0.1) is 24.3 Å². The lowest BCUT2D eigenvalue weighted by atomic mass is 10.0. The first-order valence-corrected chi connectivity index (χ1v) is 23.5. The maximum Gasteiger partial charge on any atom is 0.340 e. The molecule has 0 atom stereocenters. The van der Waals surface area contributed by atoms with Crippen LogP contribution in [0.4, 0.5) is 0 Å². The molecule has 7 nitrogen and oxygen atoms in total. The van der Waals surface area contributed by atoms with Crippen molar-refractivity contribution in [2.75, 3.05) is 13.2 Å². The maximum absolute atomic E-state index is 13.0. The normalized spacial score (nSPS) is 11.9. The summed E-state index contributed by atoms with van der Waals surface area (Å²) in [6, 6.07) is 3.69. The second-order valence-corrected chi connectivity index (χ2v) is 16.4. The number of ether oxygens (including phenoxy) is 2. The molecule has 54 heavy (non-hydrogen) atoms. The summed E-state index contributed by atoms with van der Waals surface area (Å²) in [5.74, 6) is -1.83. The first-order valence-electron chi connectivity index (χ1n) is 22.1. The van der Waals surface area contributed by atoms with E-state index in [1.807, 2.05) is 12.2 Å². The van der Waals surface area contributed by atoms with E-state index in [9.17, 15) is 22.6 Å². The second kappa shape index (κ2) is 35.0. The van der Waals surface area contributed by atoms with Crippen LogP contribution in [0.3, 0.4) is 0 Å². The van der Waals surface area contributed by atoms with Gasteiger partial charge in [-0.05, 0) is 50.7 Å². The van der Waals surface area contributed by atoms with Gasteiger partial charge in [-0.1, -0.05) is 198 Å². The van der Waals surface area contributed by atoms with E-state index in [1.54, 1.807) is 0 Å². The molecule has 0 heterocycles. The number of carbonyl (C=O) groups excluding carboxylic acids is 2. The summed E-state index contributed by atoms with van der Waals surface area (Å²) >= 11 is 0. The molecule has 0 amide bonds. The average Bonchev–Trinajstić information content (AvgIpc) is 3.16. The molecule has 0 spiro atoms. The van der Waals surface area contributed by atoms with Crippen molar-refractivity contribution in [3.05, 3.63) is 53.6 Å². The molecule has 0 saturated carbocycles. The van der Waals surface area contributed by atoms with Crippen molar-refractivity contribution in [2.24, 2.45) is 0 Å². The van der Waals surface area contributed by atoms with E-state index < -0.39 is 32.5 Å². The lowest BCUT2D eigenvalue weighted by molar-refractivity contribution is 0.0460. The van der Waals surface area contributed by atoms with Gasteiger partial charge < -0.3 is 9.47 Å². The molecule has 0 fully saturated rings. The Morgan fingerprint density at radius 1 is 0.500 bits per heavy atom. The average molecular weight is 775 g/mol. The van der Waals surface area contributed by atoms with Crippen LogP contribution in [-0.4, -0.2) is 38.1 Å². The molecule has 0 radical (unpaired) electrons. The number of esters is 2. The minimum atomic E-state index is -4.78. The molecule has 1 aromatic rings. The van der Waals surface area contributed by atoms with E-state index in [0.717, 1.165) is 31.7 Å². The Hall–Kier alpha value is -2.45. The van der Waals surface area contributed by atoms with Gasteiger partial charge in [0, 0.05) is 0 Å². The van der Waals surface area contributed by atoms with Crippen LogP contribution in [0, 0.1) is 0 Å².